The van der Waals surface area contributed by atoms with Crippen molar-refractivity contribution in [2.75, 3.05) is 4.90 Å². The van der Waals surface area contributed by atoms with E-state index in [9.17, 15) is 0 Å². The number of aromatic nitrogens is 1. The summed E-state index contributed by atoms with van der Waals surface area (Å²) in [7, 11) is 0. The predicted octanol–water partition coefficient (Wildman–Crippen LogP) is 7.02. The van der Waals surface area contributed by atoms with Crippen molar-refractivity contribution in [2.24, 2.45) is 4.99 Å². The maximum absolute atomic E-state index is 6.45. The molecule has 4 heteroatoms. The maximum atomic E-state index is 6.45. The van der Waals surface area contributed by atoms with Crippen molar-refractivity contribution in [2.45, 2.75) is 19.9 Å². The van der Waals surface area contributed by atoms with E-state index < -0.39 is 0 Å². The molecule has 148 valence electrons. The first kappa shape index (κ1) is 18.7. The van der Waals surface area contributed by atoms with Gasteiger partial charge < -0.3 is 9.47 Å². The predicted molar refractivity (Wildman–Crippen MR) is 126 cm³/mol. The van der Waals surface area contributed by atoms with Crippen LogP contribution in [0.15, 0.2) is 90.1 Å². The Hall–Kier alpha value is -3.30. The third-order valence-electron chi connectivity index (χ3n) is 5.62. The zero-order valence-corrected chi connectivity index (χ0v) is 17.7. The molecule has 0 amide bonds. The van der Waals surface area contributed by atoms with Crippen molar-refractivity contribution < 1.29 is 0 Å². The zero-order valence-electron chi connectivity index (χ0n) is 17.0. The van der Waals surface area contributed by atoms with E-state index in [4.69, 9.17) is 16.6 Å². The number of anilines is 1. The lowest BCUT2D eigenvalue weighted by Gasteiger charge is -2.37. The second kappa shape index (κ2) is 7.51. The van der Waals surface area contributed by atoms with E-state index in [0.29, 0.717) is 5.02 Å². The van der Waals surface area contributed by atoms with E-state index in [-0.39, 0.29) is 6.04 Å². The van der Waals surface area contributed by atoms with Gasteiger partial charge >= 0.3 is 0 Å². The molecule has 1 aliphatic heterocycles. The van der Waals surface area contributed by atoms with E-state index in [1.165, 1.54) is 16.8 Å². The lowest BCUT2D eigenvalue weighted by Crippen LogP contribution is -2.34. The number of fused-ring (bicyclic) bond motifs is 3. The third kappa shape index (κ3) is 3.12. The number of aliphatic imine (C=N–C) groups is 1. The van der Waals surface area contributed by atoms with Crippen LogP contribution in [0.2, 0.25) is 5.02 Å². The second-order valence-corrected chi connectivity index (χ2v) is 8.07. The van der Waals surface area contributed by atoms with Crippen molar-refractivity contribution in [3.05, 3.63) is 112 Å². The first-order valence-corrected chi connectivity index (χ1v) is 10.4. The smallest absolute Gasteiger partial charge is 0.101 e. The highest BCUT2D eigenvalue weighted by Gasteiger charge is 2.31. The summed E-state index contributed by atoms with van der Waals surface area (Å²) in [5.74, 6) is 0. The van der Waals surface area contributed by atoms with Crippen LogP contribution in [-0.4, -0.2) is 10.9 Å². The summed E-state index contributed by atoms with van der Waals surface area (Å²) in [4.78, 5) is 7.11. The average molecular weight is 412 g/mol. The Balaban J connectivity index is 1.72. The van der Waals surface area contributed by atoms with E-state index in [0.717, 1.165) is 22.6 Å². The van der Waals surface area contributed by atoms with Crippen LogP contribution in [0.1, 0.15) is 28.4 Å². The van der Waals surface area contributed by atoms with E-state index >= 15 is 0 Å². The van der Waals surface area contributed by atoms with E-state index in [1.54, 1.807) is 0 Å². The summed E-state index contributed by atoms with van der Waals surface area (Å²) in [5, 5.41) is 0.660. The van der Waals surface area contributed by atoms with Gasteiger partial charge in [0.05, 0.1) is 34.1 Å². The van der Waals surface area contributed by atoms with Crippen molar-refractivity contribution >= 4 is 29.3 Å². The molecule has 0 fully saturated rings. The molecule has 0 saturated heterocycles. The number of para-hydroxylation sites is 1. The molecule has 1 atom stereocenters. The fraction of sp³-hybridized carbons (Fsp3) is 0.115. The highest BCUT2D eigenvalue weighted by atomic mass is 35.5. The van der Waals surface area contributed by atoms with Crippen LogP contribution >= 0.6 is 11.6 Å². The van der Waals surface area contributed by atoms with Crippen molar-refractivity contribution in [3.63, 3.8) is 0 Å². The van der Waals surface area contributed by atoms with Gasteiger partial charge in [-0.1, -0.05) is 60.1 Å². The summed E-state index contributed by atoms with van der Waals surface area (Å²) in [6.07, 6.45) is 4.06. The number of nitrogens with zero attached hydrogens (tertiary/aromatic N) is 3. The van der Waals surface area contributed by atoms with Crippen LogP contribution < -0.4 is 4.90 Å². The van der Waals surface area contributed by atoms with Crippen LogP contribution in [0.5, 0.6) is 0 Å². The first-order chi connectivity index (χ1) is 14.6. The van der Waals surface area contributed by atoms with Gasteiger partial charge in [0.1, 0.15) is 6.04 Å². The lowest BCUT2D eigenvalue weighted by atomic mass is 9.98. The molecule has 1 unspecified atom stereocenters. The van der Waals surface area contributed by atoms with Crippen molar-refractivity contribution in [3.8, 4) is 5.69 Å². The van der Waals surface area contributed by atoms with Gasteiger partial charge in [-0.25, -0.2) is 4.99 Å². The minimum Gasteiger partial charge on any atom is -0.317 e. The Morgan fingerprint density at radius 3 is 2.50 bits per heavy atom. The third-order valence-corrected chi connectivity index (χ3v) is 5.93. The molecule has 0 spiro atoms. The summed E-state index contributed by atoms with van der Waals surface area (Å²) in [5.41, 5.74) is 7.77. The Kier molecular flexibility index (Phi) is 4.68. The largest absolute Gasteiger partial charge is 0.317 e. The molecule has 1 aliphatic rings. The summed E-state index contributed by atoms with van der Waals surface area (Å²) in [6.45, 7) is 4.16. The molecule has 1 aromatic heterocycles. The number of benzene rings is 3. The molecular weight excluding hydrogens is 390 g/mol. The van der Waals surface area contributed by atoms with Crippen LogP contribution in [0, 0.1) is 13.8 Å². The van der Waals surface area contributed by atoms with Crippen molar-refractivity contribution in [1.82, 2.24) is 4.57 Å². The Morgan fingerprint density at radius 1 is 0.867 bits per heavy atom. The molecule has 5 rings (SSSR count). The van der Waals surface area contributed by atoms with Gasteiger partial charge in [-0.3, -0.25) is 0 Å². The van der Waals surface area contributed by atoms with Crippen LogP contribution in [-0.2, 0) is 0 Å². The molecule has 4 aromatic rings. The summed E-state index contributed by atoms with van der Waals surface area (Å²) in [6, 6.07) is 27.3. The number of rotatable bonds is 3. The molecule has 0 radical (unpaired) electrons. The van der Waals surface area contributed by atoms with Gasteiger partial charge in [0.2, 0.25) is 0 Å². The van der Waals surface area contributed by atoms with Gasteiger partial charge in [-0.15, -0.1) is 0 Å². The van der Waals surface area contributed by atoms with E-state index in [1.807, 2.05) is 31.5 Å². The highest BCUT2D eigenvalue weighted by molar-refractivity contribution is 6.33. The van der Waals surface area contributed by atoms with Gasteiger partial charge in [-0.2, -0.15) is 0 Å². The molecule has 30 heavy (non-hydrogen) atoms. The van der Waals surface area contributed by atoms with Gasteiger partial charge in [0, 0.05) is 6.20 Å². The number of hydrogen-bond acceptors (Lipinski definition) is 1. The molecule has 3 nitrogen and oxygen atoms in total. The van der Waals surface area contributed by atoms with Gasteiger partial charge in [-0.05, 0) is 60.9 Å². The van der Waals surface area contributed by atoms with Crippen LogP contribution in [0.25, 0.3) is 5.69 Å². The zero-order chi connectivity index (χ0) is 20.7. The van der Waals surface area contributed by atoms with Crippen LogP contribution in [0.4, 0.5) is 11.4 Å². The molecule has 0 bridgehead atoms. The summed E-state index contributed by atoms with van der Waals surface area (Å²) >= 11 is 6.45. The number of hydrogen-bond donors (Lipinski definition) is 0. The summed E-state index contributed by atoms with van der Waals surface area (Å²) < 4.78 is 2.28. The minimum atomic E-state index is 0.0158. The fourth-order valence-electron chi connectivity index (χ4n) is 4.16. The minimum absolute atomic E-state index is 0.0158. The Bertz CT molecular complexity index is 1220. The van der Waals surface area contributed by atoms with Crippen LogP contribution in [0.3, 0.4) is 0 Å². The lowest BCUT2D eigenvalue weighted by molar-refractivity contribution is 0.748. The van der Waals surface area contributed by atoms with Crippen molar-refractivity contribution in [1.29, 1.82) is 0 Å². The fourth-order valence-corrected chi connectivity index (χ4v) is 4.43. The number of aryl methyl sites for hydroxylation is 2. The van der Waals surface area contributed by atoms with Gasteiger partial charge in [0.25, 0.3) is 0 Å². The average Bonchev–Trinajstić information content (AvgIpc) is 3.23. The molecule has 0 saturated carbocycles. The Labute approximate surface area is 181 Å². The normalized spacial score (nSPS) is 15.3. The molecule has 0 N–H and O–H groups in total. The highest BCUT2D eigenvalue weighted by Crippen LogP contribution is 2.42. The Morgan fingerprint density at radius 2 is 1.70 bits per heavy atom. The molecular formula is C26H22ClN3. The quantitative estimate of drug-likeness (QED) is 0.262. The monoisotopic (exact) mass is 411 g/mol. The maximum Gasteiger partial charge on any atom is 0.101 e. The first-order valence-electron chi connectivity index (χ1n) is 10.0. The molecule has 0 aliphatic carbocycles. The molecule has 2 heterocycles. The second-order valence-electron chi connectivity index (χ2n) is 7.67. The topological polar surface area (TPSA) is 20.5 Å². The van der Waals surface area contributed by atoms with E-state index in [2.05, 4.69) is 83.3 Å². The SMILES string of the molecule is Cc1ccc2c(c1)N(C=Nc1c(C)cccc1Cl)C(c1ccccc1)c1cccn1-2. The standard InChI is InChI=1S/C26H22ClN3/c1-18-13-14-22-24(16-18)30(17-28-25-19(2)8-6-11-21(25)27)26(20-9-4-3-5-10-20)23-12-7-15-29(22)23/h3-17,26H,1-2H3. The molecule has 3 aromatic carbocycles. The van der Waals surface area contributed by atoms with Gasteiger partial charge in [0.15, 0.2) is 0 Å². The number of halogens is 1.